The highest BCUT2D eigenvalue weighted by molar-refractivity contribution is 5.94. The van der Waals surface area contributed by atoms with E-state index in [2.05, 4.69) is 9.84 Å². The molecule has 0 saturated carbocycles. The average molecular weight is 247 g/mol. The van der Waals surface area contributed by atoms with Crippen LogP contribution in [0.15, 0.2) is 30.6 Å². The van der Waals surface area contributed by atoms with Crippen LogP contribution in [0.25, 0.3) is 0 Å². The van der Waals surface area contributed by atoms with Gasteiger partial charge in [0.2, 0.25) is 0 Å². The molecule has 0 radical (unpaired) electrons. The van der Waals surface area contributed by atoms with E-state index in [-0.39, 0.29) is 11.3 Å². The number of carbonyl (C=O) groups excluding carboxylic acids is 1. The molecule has 0 fully saturated rings. The number of esters is 1. The van der Waals surface area contributed by atoms with Crippen molar-refractivity contribution < 1.29 is 14.3 Å². The second-order valence-electron chi connectivity index (χ2n) is 3.67. The molecule has 2 N–H and O–H groups in total. The molecule has 18 heavy (non-hydrogen) atoms. The highest BCUT2D eigenvalue weighted by atomic mass is 16.5. The zero-order valence-corrected chi connectivity index (χ0v) is 10.1. The maximum absolute atomic E-state index is 11.6. The summed E-state index contributed by atoms with van der Waals surface area (Å²) in [5.74, 6) is 0.277. The van der Waals surface area contributed by atoms with Gasteiger partial charge in [-0.2, -0.15) is 5.10 Å². The number of nitrogens with zero attached hydrogens (tertiary/aromatic N) is 2. The lowest BCUT2D eigenvalue weighted by atomic mass is 10.2. The lowest BCUT2D eigenvalue weighted by Crippen LogP contribution is -2.05. The molecule has 1 heterocycles. The summed E-state index contributed by atoms with van der Waals surface area (Å²) in [4.78, 5) is 11.6. The quantitative estimate of drug-likeness (QED) is 0.658. The molecule has 6 heteroatoms. The first-order valence-corrected chi connectivity index (χ1v) is 5.25. The van der Waals surface area contributed by atoms with Gasteiger partial charge in [0.15, 0.2) is 11.5 Å². The third kappa shape index (κ3) is 2.27. The third-order valence-electron chi connectivity index (χ3n) is 2.35. The first kappa shape index (κ1) is 12.0. The zero-order chi connectivity index (χ0) is 13.1. The molecule has 0 spiro atoms. The minimum absolute atomic E-state index is 0.275. The Hall–Kier alpha value is -2.50. The summed E-state index contributed by atoms with van der Waals surface area (Å²) < 4.78 is 11.8. The van der Waals surface area contributed by atoms with Crippen LogP contribution in [-0.2, 0) is 11.8 Å². The number of nitrogens with two attached hydrogens (primary N) is 1. The van der Waals surface area contributed by atoms with Gasteiger partial charge in [0.05, 0.1) is 25.2 Å². The molecule has 0 saturated heterocycles. The van der Waals surface area contributed by atoms with Crippen molar-refractivity contribution in [3.8, 4) is 11.5 Å². The largest absolute Gasteiger partial charge is 0.465 e. The topological polar surface area (TPSA) is 79.4 Å². The highest BCUT2D eigenvalue weighted by Gasteiger charge is 2.16. The van der Waals surface area contributed by atoms with Gasteiger partial charge in [-0.3, -0.25) is 4.68 Å². The number of aryl methyl sites for hydroxylation is 1. The summed E-state index contributed by atoms with van der Waals surface area (Å²) in [6, 6.07) is 4.91. The Balaban J connectivity index is 2.39. The van der Waals surface area contributed by atoms with Crippen molar-refractivity contribution >= 4 is 11.7 Å². The Kier molecular flexibility index (Phi) is 3.18. The van der Waals surface area contributed by atoms with Crippen LogP contribution in [0.5, 0.6) is 11.5 Å². The van der Waals surface area contributed by atoms with Crippen LogP contribution >= 0.6 is 0 Å². The van der Waals surface area contributed by atoms with E-state index >= 15 is 0 Å². The number of nitrogen functional groups attached to an aromatic ring is 1. The minimum atomic E-state index is -0.499. The van der Waals surface area contributed by atoms with Crippen LogP contribution in [0.3, 0.4) is 0 Å². The number of methoxy groups -OCH3 is 1. The van der Waals surface area contributed by atoms with Crippen molar-refractivity contribution in [1.82, 2.24) is 9.78 Å². The zero-order valence-electron chi connectivity index (χ0n) is 10.1. The van der Waals surface area contributed by atoms with Gasteiger partial charge in [-0.25, -0.2) is 4.79 Å². The van der Waals surface area contributed by atoms with Gasteiger partial charge in [0.1, 0.15) is 5.56 Å². The molecule has 0 unspecified atom stereocenters. The van der Waals surface area contributed by atoms with Gasteiger partial charge in [-0.05, 0) is 12.1 Å². The van der Waals surface area contributed by atoms with Crippen molar-refractivity contribution in [2.24, 2.45) is 7.05 Å². The molecule has 2 aromatic rings. The van der Waals surface area contributed by atoms with Gasteiger partial charge >= 0.3 is 5.97 Å². The smallest absolute Gasteiger partial charge is 0.341 e. The Morgan fingerprint density at radius 2 is 2.22 bits per heavy atom. The van der Waals surface area contributed by atoms with E-state index in [0.29, 0.717) is 11.4 Å². The summed E-state index contributed by atoms with van der Waals surface area (Å²) in [7, 11) is 3.07. The molecular weight excluding hydrogens is 234 g/mol. The van der Waals surface area contributed by atoms with Gasteiger partial charge in [0, 0.05) is 7.05 Å². The molecule has 0 aliphatic heterocycles. The number of rotatable bonds is 3. The monoisotopic (exact) mass is 247 g/mol. The number of ether oxygens (including phenoxy) is 2. The van der Waals surface area contributed by atoms with Gasteiger partial charge in [-0.1, -0.05) is 6.07 Å². The van der Waals surface area contributed by atoms with Crippen molar-refractivity contribution in [3.63, 3.8) is 0 Å². The van der Waals surface area contributed by atoms with E-state index in [1.807, 2.05) is 0 Å². The molecular formula is C12H13N3O3. The van der Waals surface area contributed by atoms with Gasteiger partial charge in [-0.15, -0.1) is 0 Å². The number of hydrogen-bond donors (Lipinski definition) is 1. The number of benzene rings is 1. The fourth-order valence-corrected chi connectivity index (χ4v) is 1.51. The molecule has 0 aliphatic rings. The molecule has 6 nitrogen and oxygen atoms in total. The first-order chi connectivity index (χ1) is 8.61. The van der Waals surface area contributed by atoms with Crippen molar-refractivity contribution in [3.05, 3.63) is 36.2 Å². The first-order valence-electron chi connectivity index (χ1n) is 5.25. The van der Waals surface area contributed by atoms with Gasteiger partial charge < -0.3 is 15.2 Å². The van der Waals surface area contributed by atoms with Crippen LogP contribution in [0.1, 0.15) is 10.4 Å². The molecule has 0 atom stereocenters. The summed E-state index contributed by atoms with van der Waals surface area (Å²) in [5, 5.41) is 3.97. The Morgan fingerprint density at radius 3 is 2.83 bits per heavy atom. The van der Waals surface area contributed by atoms with Crippen LogP contribution in [0.4, 0.5) is 5.69 Å². The van der Waals surface area contributed by atoms with E-state index in [1.54, 1.807) is 36.1 Å². The molecule has 94 valence electrons. The minimum Gasteiger partial charge on any atom is -0.465 e. The van der Waals surface area contributed by atoms with E-state index in [0.717, 1.165) is 0 Å². The molecule has 2 rings (SSSR count). The standard InChI is InChI=1S/C12H13N3O3/c1-15-7-8(6-14-15)18-11-9(12(16)17-2)4-3-5-10(11)13/h3-7H,13H2,1-2H3. The van der Waals surface area contributed by atoms with E-state index in [9.17, 15) is 4.79 Å². The fourth-order valence-electron chi connectivity index (χ4n) is 1.51. The summed E-state index contributed by atoms with van der Waals surface area (Å²) >= 11 is 0. The molecule has 0 bridgehead atoms. The van der Waals surface area contributed by atoms with Gasteiger partial charge in [0.25, 0.3) is 0 Å². The number of hydrogen-bond acceptors (Lipinski definition) is 5. The van der Waals surface area contributed by atoms with Crippen LogP contribution in [-0.4, -0.2) is 22.9 Å². The van der Waals surface area contributed by atoms with Crippen LogP contribution in [0.2, 0.25) is 0 Å². The van der Waals surface area contributed by atoms with E-state index < -0.39 is 5.97 Å². The summed E-state index contributed by atoms with van der Waals surface area (Å²) in [5.41, 5.74) is 6.45. The lowest BCUT2D eigenvalue weighted by Gasteiger charge is -2.10. The summed E-state index contributed by atoms with van der Waals surface area (Å²) in [6.07, 6.45) is 3.21. The second-order valence-corrected chi connectivity index (χ2v) is 3.67. The third-order valence-corrected chi connectivity index (χ3v) is 2.35. The Morgan fingerprint density at radius 1 is 1.44 bits per heavy atom. The average Bonchev–Trinajstić information content (AvgIpc) is 2.76. The number of aromatic nitrogens is 2. The van der Waals surface area contributed by atoms with Crippen LogP contribution in [0, 0.1) is 0 Å². The Labute approximate surface area is 104 Å². The highest BCUT2D eigenvalue weighted by Crippen LogP contribution is 2.31. The van der Waals surface area contributed by atoms with E-state index in [4.69, 9.17) is 10.5 Å². The molecule has 0 amide bonds. The van der Waals surface area contributed by atoms with Crippen molar-refractivity contribution in [1.29, 1.82) is 0 Å². The maximum atomic E-state index is 11.6. The van der Waals surface area contributed by atoms with E-state index in [1.165, 1.54) is 13.3 Å². The predicted molar refractivity (Wildman–Crippen MR) is 65.5 cm³/mol. The second kappa shape index (κ2) is 4.79. The van der Waals surface area contributed by atoms with Crippen molar-refractivity contribution in [2.45, 2.75) is 0 Å². The SMILES string of the molecule is COC(=O)c1cccc(N)c1Oc1cnn(C)c1. The Bertz CT molecular complexity index is 578. The molecule has 1 aromatic carbocycles. The predicted octanol–water partition coefficient (Wildman–Crippen LogP) is 1.58. The number of para-hydroxylation sites is 1. The molecule has 1 aromatic heterocycles. The maximum Gasteiger partial charge on any atom is 0.341 e. The number of anilines is 1. The van der Waals surface area contributed by atoms with Crippen molar-refractivity contribution in [2.75, 3.05) is 12.8 Å². The van der Waals surface area contributed by atoms with Crippen LogP contribution < -0.4 is 10.5 Å². The normalized spacial score (nSPS) is 10.1. The lowest BCUT2D eigenvalue weighted by molar-refractivity contribution is 0.0598. The molecule has 0 aliphatic carbocycles. The summed E-state index contributed by atoms with van der Waals surface area (Å²) in [6.45, 7) is 0. The number of carbonyl (C=O) groups is 1. The fraction of sp³-hybridized carbons (Fsp3) is 0.167.